The van der Waals surface area contributed by atoms with Gasteiger partial charge < -0.3 is 24.8 Å². The van der Waals surface area contributed by atoms with E-state index in [2.05, 4.69) is 15.1 Å². The number of nitrogens with zero attached hydrogens (tertiary/aromatic N) is 3. The van der Waals surface area contributed by atoms with Crippen molar-refractivity contribution in [2.75, 3.05) is 32.8 Å². The zero-order valence-electron chi connectivity index (χ0n) is 16.6. The molecule has 152 valence electrons. The first kappa shape index (κ1) is 18.8. The van der Waals surface area contributed by atoms with Gasteiger partial charge in [0.05, 0.1) is 18.7 Å². The molecule has 1 unspecified atom stereocenters. The van der Waals surface area contributed by atoms with E-state index in [0.29, 0.717) is 30.8 Å². The molecule has 4 fully saturated rings. The molecule has 7 nitrogen and oxygen atoms in total. The second-order valence-corrected chi connectivity index (χ2v) is 8.50. The predicted molar refractivity (Wildman–Crippen MR) is 103 cm³/mol. The van der Waals surface area contributed by atoms with Gasteiger partial charge in [0, 0.05) is 38.3 Å². The summed E-state index contributed by atoms with van der Waals surface area (Å²) in [7, 11) is 0. The fraction of sp³-hybridized carbons (Fsp3) is 0.900. The maximum absolute atomic E-state index is 12.5. The number of carbonyl (C=O) groups excluding carboxylic acids is 2. The molecule has 0 radical (unpaired) electrons. The largest absolute Gasteiger partial charge is 0.450 e. The first-order valence-corrected chi connectivity index (χ1v) is 10.9. The molecule has 4 rings (SSSR count). The molecule has 0 aromatic rings. The number of hydrogen-bond acceptors (Lipinski definition) is 4. The molecule has 1 aliphatic carbocycles. The highest BCUT2D eigenvalue weighted by atomic mass is 16.6. The van der Waals surface area contributed by atoms with Crippen molar-refractivity contribution >= 4 is 12.1 Å². The van der Waals surface area contributed by atoms with E-state index in [4.69, 9.17) is 4.74 Å². The van der Waals surface area contributed by atoms with Crippen molar-refractivity contribution in [2.45, 2.75) is 82.5 Å². The molecular weight excluding hydrogens is 344 g/mol. The molecule has 0 aromatic heterocycles. The Morgan fingerprint density at radius 3 is 2.37 bits per heavy atom. The van der Waals surface area contributed by atoms with Crippen LogP contribution in [0.1, 0.15) is 58.3 Å². The van der Waals surface area contributed by atoms with E-state index >= 15 is 0 Å². The minimum atomic E-state index is -0.170. The Kier molecular flexibility index (Phi) is 5.76. The molecule has 3 amide bonds. The van der Waals surface area contributed by atoms with Crippen LogP contribution in [-0.2, 0) is 4.74 Å². The minimum Gasteiger partial charge on any atom is -0.450 e. The summed E-state index contributed by atoms with van der Waals surface area (Å²) in [6.07, 6.45) is 8.85. The summed E-state index contributed by atoms with van der Waals surface area (Å²) in [6, 6.07) is 1.95. The van der Waals surface area contributed by atoms with Crippen LogP contribution in [0.15, 0.2) is 0 Å². The van der Waals surface area contributed by atoms with Gasteiger partial charge in [0.25, 0.3) is 0 Å². The summed E-state index contributed by atoms with van der Waals surface area (Å²) in [5.74, 6) is 0. The highest BCUT2D eigenvalue weighted by Gasteiger charge is 2.44. The zero-order chi connectivity index (χ0) is 18.8. The maximum Gasteiger partial charge on any atom is 0.409 e. The van der Waals surface area contributed by atoms with E-state index in [9.17, 15) is 9.59 Å². The van der Waals surface area contributed by atoms with Crippen molar-refractivity contribution in [3.63, 3.8) is 0 Å². The number of likely N-dealkylation sites (tertiary alicyclic amines) is 2. The minimum absolute atomic E-state index is 0.170. The first-order valence-electron chi connectivity index (χ1n) is 10.9. The van der Waals surface area contributed by atoms with E-state index in [-0.39, 0.29) is 12.1 Å². The molecule has 2 atom stereocenters. The fourth-order valence-corrected chi connectivity index (χ4v) is 5.59. The van der Waals surface area contributed by atoms with E-state index in [1.165, 1.54) is 12.8 Å². The molecule has 0 bridgehead atoms. The zero-order valence-corrected chi connectivity index (χ0v) is 16.6. The summed E-state index contributed by atoms with van der Waals surface area (Å²) in [6.45, 7) is 6.01. The Bertz CT molecular complexity index is 541. The Morgan fingerprint density at radius 1 is 1.00 bits per heavy atom. The molecule has 27 heavy (non-hydrogen) atoms. The summed E-state index contributed by atoms with van der Waals surface area (Å²) >= 11 is 0. The van der Waals surface area contributed by atoms with E-state index < -0.39 is 0 Å². The SMILES string of the molecule is CCOC(=O)N1CCC(N2CCC(N3C(=O)NC4CCCC[C@@H]43)CC2)CC1. The molecule has 7 heteroatoms. The van der Waals surface area contributed by atoms with Crippen LogP contribution in [0.2, 0.25) is 0 Å². The van der Waals surface area contributed by atoms with Crippen molar-refractivity contribution in [3.05, 3.63) is 0 Å². The van der Waals surface area contributed by atoms with Crippen molar-refractivity contribution in [1.82, 2.24) is 20.0 Å². The summed E-state index contributed by atoms with van der Waals surface area (Å²) in [5.41, 5.74) is 0. The number of ether oxygens (including phenoxy) is 1. The monoisotopic (exact) mass is 378 g/mol. The van der Waals surface area contributed by atoms with Crippen molar-refractivity contribution in [2.24, 2.45) is 0 Å². The molecule has 0 aromatic carbocycles. The lowest BCUT2D eigenvalue weighted by Gasteiger charge is -2.44. The number of nitrogens with one attached hydrogen (secondary N) is 1. The second-order valence-electron chi connectivity index (χ2n) is 8.50. The van der Waals surface area contributed by atoms with Gasteiger partial charge in [0.1, 0.15) is 0 Å². The second kappa shape index (κ2) is 8.25. The van der Waals surface area contributed by atoms with E-state index in [1.807, 2.05) is 11.8 Å². The Labute approximate surface area is 162 Å². The number of piperidine rings is 2. The van der Waals surface area contributed by atoms with Gasteiger partial charge in [0.15, 0.2) is 0 Å². The first-order chi connectivity index (χ1) is 13.2. The van der Waals surface area contributed by atoms with Gasteiger partial charge in [-0.25, -0.2) is 9.59 Å². The van der Waals surface area contributed by atoms with Gasteiger partial charge in [-0.1, -0.05) is 12.8 Å². The van der Waals surface area contributed by atoms with Crippen LogP contribution in [-0.4, -0.2) is 83.8 Å². The quantitative estimate of drug-likeness (QED) is 0.819. The van der Waals surface area contributed by atoms with Gasteiger partial charge in [-0.05, 0) is 45.4 Å². The topological polar surface area (TPSA) is 65.1 Å². The highest BCUT2D eigenvalue weighted by molar-refractivity contribution is 5.78. The third-order valence-corrected chi connectivity index (χ3v) is 7.03. The third kappa shape index (κ3) is 3.89. The average Bonchev–Trinajstić information content (AvgIpc) is 3.04. The number of urea groups is 1. The lowest BCUT2D eigenvalue weighted by molar-refractivity contribution is 0.0490. The molecule has 3 heterocycles. The number of amides is 3. The van der Waals surface area contributed by atoms with Gasteiger partial charge in [-0.2, -0.15) is 0 Å². The molecule has 3 aliphatic heterocycles. The number of hydrogen-bond donors (Lipinski definition) is 1. The number of fused-ring (bicyclic) bond motifs is 1. The number of carbonyl (C=O) groups is 2. The maximum atomic E-state index is 12.5. The van der Waals surface area contributed by atoms with Crippen molar-refractivity contribution in [3.8, 4) is 0 Å². The predicted octanol–water partition coefficient (Wildman–Crippen LogP) is 2.41. The van der Waals surface area contributed by atoms with Crippen LogP contribution >= 0.6 is 0 Å². The van der Waals surface area contributed by atoms with Gasteiger partial charge >= 0.3 is 12.1 Å². The summed E-state index contributed by atoms with van der Waals surface area (Å²) in [5, 5.41) is 3.23. The molecule has 4 aliphatic rings. The van der Waals surface area contributed by atoms with Gasteiger partial charge in [0.2, 0.25) is 0 Å². The van der Waals surface area contributed by atoms with Crippen LogP contribution in [0.3, 0.4) is 0 Å². The normalized spacial score (nSPS) is 30.9. The molecule has 1 N–H and O–H groups in total. The third-order valence-electron chi connectivity index (χ3n) is 7.03. The highest BCUT2D eigenvalue weighted by Crippen LogP contribution is 2.33. The van der Waals surface area contributed by atoms with Crippen LogP contribution < -0.4 is 5.32 Å². The summed E-state index contributed by atoms with van der Waals surface area (Å²) in [4.78, 5) is 31.0. The lowest BCUT2D eigenvalue weighted by atomic mass is 9.89. The van der Waals surface area contributed by atoms with E-state index in [0.717, 1.165) is 64.7 Å². The van der Waals surface area contributed by atoms with Crippen LogP contribution in [0.5, 0.6) is 0 Å². The van der Waals surface area contributed by atoms with Gasteiger partial charge in [-0.3, -0.25) is 0 Å². The van der Waals surface area contributed by atoms with Gasteiger partial charge in [-0.15, -0.1) is 0 Å². The lowest BCUT2D eigenvalue weighted by Crippen LogP contribution is -2.53. The molecule has 1 saturated carbocycles. The molecule has 3 saturated heterocycles. The number of rotatable bonds is 3. The fourth-order valence-electron chi connectivity index (χ4n) is 5.59. The van der Waals surface area contributed by atoms with E-state index in [1.54, 1.807) is 0 Å². The standard InChI is InChI=1S/C20H34N4O3/c1-2-27-20(26)23-13-7-15(8-14-23)22-11-9-16(10-12-22)24-18-6-4-3-5-17(18)21-19(24)25/h15-18H,2-14H2,1H3,(H,21,25)/t17?,18-/m0/s1. The Morgan fingerprint density at radius 2 is 1.67 bits per heavy atom. The van der Waals surface area contributed by atoms with Crippen LogP contribution in [0, 0.1) is 0 Å². The molecular formula is C20H34N4O3. The Balaban J connectivity index is 1.26. The van der Waals surface area contributed by atoms with Crippen molar-refractivity contribution < 1.29 is 14.3 Å². The Hall–Kier alpha value is -1.50. The van der Waals surface area contributed by atoms with Crippen molar-refractivity contribution in [1.29, 1.82) is 0 Å². The smallest absolute Gasteiger partial charge is 0.409 e. The molecule has 0 spiro atoms. The average molecular weight is 379 g/mol. The van der Waals surface area contributed by atoms with Crippen LogP contribution in [0.25, 0.3) is 0 Å². The van der Waals surface area contributed by atoms with Crippen LogP contribution in [0.4, 0.5) is 9.59 Å². The summed E-state index contributed by atoms with van der Waals surface area (Å²) < 4.78 is 5.12.